The van der Waals surface area contributed by atoms with Gasteiger partial charge in [0, 0.05) is 47.4 Å². The highest BCUT2D eigenvalue weighted by atomic mass is 32.1. The number of nitrogens with two attached hydrogens (primary N) is 1. The van der Waals surface area contributed by atoms with Crippen molar-refractivity contribution in [3.05, 3.63) is 47.3 Å². The number of ether oxygens (including phenoxy) is 1. The maximum Gasteiger partial charge on any atom is 0.312 e. The van der Waals surface area contributed by atoms with Gasteiger partial charge in [0.25, 0.3) is 0 Å². The summed E-state index contributed by atoms with van der Waals surface area (Å²) in [6.45, 7) is 2.98. The van der Waals surface area contributed by atoms with Gasteiger partial charge in [-0.3, -0.25) is 4.90 Å². The van der Waals surface area contributed by atoms with Gasteiger partial charge in [0.1, 0.15) is 6.61 Å². The number of phenols is 1. The van der Waals surface area contributed by atoms with Crippen LogP contribution in [0.25, 0.3) is 21.2 Å². The van der Waals surface area contributed by atoms with Gasteiger partial charge >= 0.3 is 6.03 Å². The molecule has 0 bridgehead atoms. The topological polar surface area (TPSA) is 87.8 Å². The van der Waals surface area contributed by atoms with E-state index < -0.39 is 6.03 Å². The first kappa shape index (κ1) is 17.6. The van der Waals surface area contributed by atoms with Gasteiger partial charge in [0.15, 0.2) is 11.5 Å². The minimum absolute atomic E-state index is 0.162. The Morgan fingerprint density at radius 2 is 2.19 bits per heavy atom. The molecule has 1 aliphatic rings. The Labute approximate surface area is 161 Å². The number of carbonyl (C=O) groups is 1. The molecule has 4 N–H and O–H groups in total. The molecule has 1 aliphatic heterocycles. The number of thiophene rings is 1. The maximum atomic E-state index is 10.9. The van der Waals surface area contributed by atoms with Crippen LogP contribution >= 0.6 is 11.3 Å². The first-order chi connectivity index (χ1) is 13.1. The van der Waals surface area contributed by atoms with E-state index in [9.17, 15) is 9.90 Å². The third kappa shape index (κ3) is 3.70. The molecular formula is C20H21N3O3S. The molecule has 0 fully saturated rings. The summed E-state index contributed by atoms with van der Waals surface area (Å²) in [5.41, 5.74) is 8.16. The van der Waals surface area contributed by atoms with Crippen molar-refractivity contribution in [2.45, 2.75) is 6.54 Å². The van der Waals surface area contributed by atoms with Crippen LogP contribution in [-0.4, -0.2) is 42.3 Å². The standard InChI is InChI=1S/C20H21N3O3S/c21-20(25)22-5-6-23-7-8-26-19-14(11-23)9-13(10-17(19)24)16-12-27-18-4-2-1-3-15(16)18/h1-4,9-10,12,24H,5-8,11H2,(H3,21,22,25). The zero-order valence-electron chi connectivity index (χ0n) is 14.8. The van der Waals surface area contributed by atoms with Crippen molar-refractivity contribution in [3.8, 4) is 22.6 Å². The van der Waals surface area contributed by atoms with Crippen LogP contribution in [-0.2, 0) is 6.54 Å². The van der Waals surface area contributed by atoms with Crippen LogP contribution < -0.4 is 15.8 Å². The van der Waals surface area contributed by atoms with Gasteiger partial charge < -0.3 is 20.9 Å². The Balaban J connectivity index is 1.65. The Hall–Kier alpha value is -2.77. The van der Waals surface area contributed by atoms with E-state index in [0.29, 0.717) is 38.5 Å². The lowest BCUT2D eigenvalue weighted by Gasteiger charge is -2.19. The molecule has 2 aromatic carbocycles. The number of benzene rings is 2. The number of fused-ring (bicyclic) bond motifs is 2. The summed E-state index contributed by atoms with van der Waals surface area (Å²) in [5.74, 6) is 0.707. The summed E-state index contributed by atoms with van der Waals surface area (Å²) >= 11 is 1.70. The lowest BCUT2D eigenvalue weighted by atomic mass is 10.0. The van der Waals surface area contributed by atoms with Crippen molar-refractivity contribution >= 4 is 27.5 Å². The van der Waals surface area contributed by atoms with Crippen LogP contribution in [0.3, 0.4) is 0 Å². The van der Waals surface area contributed by atoms with Gasteiger partial charge in [-0.25, -0.2) is 4.79 Å². The molecule has 27 heavy (non-hydrogen) atoms. The van der Waals surface area contributed by atoms with Gasteiger partial charge in [0.2, 0.25) is 0 Å². The van der Waals surface area contributed by atoms with Crippen LogP contribution in [0.2, 0.25) is 0 Å². The number of hydrogen-bond donors (Lipinski definition) is 3. The summed E-state index contributed by atoms with van der Waals surface area (Å²) in [6.07, 6.45) is 0. The highest BCUT2D eigenvalue weighted by molar-refractivity contribution is 7.17. The fraction of sp³-hybridized carbons (Fsp3) is 0.250. The lowest BCUT2D eigenvalue weighted by molar-refractivity contribution is 0.220. The van der Waals surface area contributed by atoms with E-state index in [4.69, 9.17) is 10.5 Å². The summed E-state index contributed by atoms with van der Waals surface area (Å²) in [5, 5.41) is 16.5. The van der Waals surface area contributed by atoms with Crippen molar-refractivity contribution in [2.75, 3.05) is 26.2 Å². The Kier molecular flexibility index (Phi) is 4.87. The van der Waals surface area contributed by atoms with Crippen LogP contribution in [0, 0.1) is 0 Å². The first-order valence-corrected chi connectivity index (χ1v) is 9.71. The van der Waals surface area contributed by atoms with Crippen molar-refractivity contribution in [1.82, 2.24) is 10.2 Å². The smallest absolute Gasteiger partial charge is 0.312 e. The number of nitrogens with one attached hydrogen (secondary N) is 1. The Morgan fingerprint density at radius 1 is 1.33 bits per heavy atom. The van der Waals surface area contributed by atoms with Crippen LogP contribution in [0.4, 0.5) is 4.79 Å². The van der Waals surface area contributed by atoms with E-state index in [2.05, 4.69) is 33.8 Å². The summed E-state index contributed by atoms with van der Waals surface area (Å²) < 4.78 is 7.02. The third-order valence-electron chi connectivity index (χ3n) is 4.71. The molecule has 0 aliphatic carbocycles. The molecule has 1 aromatic heterocycles. The maximum absolute atomic E-state index is 10.9. The largest absolute Gasteiger partial charge is 0.504 e. The molecule has 3 aromatic rings. The molecule has 2 amide bonds. The second-order valence-electron chi connectivity index (χ2n) is 6.54. The zero-order chi connectivity index (χ0) is 18.8. The summed E-state index contributed by atoms with van der Waals surface area (Å²) in [4.78, 5) is 13.0. The monoisotopic (exact) mass is 383 g/mol. The van der Waals surface area contributed by atoms with Crippen LogP contribution in [0.5, 0.6) is 11.5 Å². The number of hydrogen-bond acceptors (Lipinski definition) is 5. The number of carbonyl (C=O) groups excluding carboxylic acids is 1. The average Bonchev–Trinajstić information content (AvgIpc) is 2.96. The minimum Gasteiger partial charge on any atom is -0.504 e. The van der Waals surface area contributed by atoms with Crippen molar-refractivity contribution < 1.29 is 14.6 Å². The van der Waals surface area contributed by atoms with Gasteiger partial charge in [0.05, 0.1) is 0 Å². The Bertz CT molecular complexity index is 986. The highest BCUT2D eigenvalue weighted by Gasteiger charge is 2.20. The number of urea groups is 1. The number of phenolic OH excluding ortho intramolecular Hbond substituents is 1. The molecule has 7 heteroatoms. The second-order valence-corrected chi connectivity index (χ2v) is 7.46. The van der Waals surface area contributed by atoms with Gasteiger partial charge in [-0.15, -0.1) is 11.3 Å². The van der Waals surface area contributed by atoms with Crippen molar-refractivity contribution in [3.63, 3.8) is 0 Å². The molecule has 6 nitrogen and oxygen atoms in total. The van der Waals surface area contributed by atoms with E-state index in [1.54, 1.807) is 17.4 Å². The molecule has 0 spiro atoms. The fourth-order valence-electron chi connectivity index (χ4n) is 3.44. The SMILES string of the molecule is NC(=O)NCCN1CCOc2c(O)cc(-c3csc4ccccc34)cc2C1. The minimum atomic E-state index is -0.522. The van der Waals surface area contributed by atoms with Crippen LogP contribution in [0.1, 0.15) is 5.56 Å². The fourth-order valence-corrected chi connectivity index (χ4v) is 4.41. The van der Waals surface area contributed by atoms with Crippen LogP contribution in [0.15, 0.2) is 41.8 Å². The van der Waals surface area contributed by atoms with Gasteiger partial charge in [-0.1, -0.05) is 18.2 Å². The summed E-state index contributed by atoms with van der Waals surface area (Å²) in [6, 6.07) is 11.6. The molecule has 0 saturated carbocycles. The number of primary amides is 1. The molecule has 0 unspecified atom stereocenters. The predicted molar refractivity (Wildman–Crippen MR) is 107 cm³/mol. The number of aromatic hydroxyl groups is 1. The average molecular weight is 383 g/mol. The normalized spacial score (nSPS) is 14.4. The van der Waals surface area contributed by atoms with Crippen molar-refractivity contribution in [1.29, 1.82) is 0 Å². The zero-order valence-corrected chi connectivity index (χ0v) is 15.6. The van der Waals surface area contributed by atoms with E-state index >= 15 is 0 Å². The number of amides is 2. The second kappa shape index (κ2) is 7.46. The van der Waals surface area contributed by atoms with Crippen molar-refractivity contribution in [2.24, 2.45) is 5.73 Å². The van der Waals surface area contributed by atoms with E-state index in [-0.39, 0.29) is 5.75 Å². The molecule has 140 valence electrons. The van der Waals surface area contributed by atoms with E-state index in [1.807, 2.05) is 12.1 Å². The van der Waals surface area contributed by atoms with Gasteiger partial charge in [-0.05, 0) is 29.1 Å². The Morgan fingerprint density at radius 3 is 3.04 bits per heavy atom. The predicted octanol–water partition coefficient (Wildman–Crippen LogP) is 3.14. The quantitative estimate of drug-likeness (QED) is 0.646. The molecule has 4 rings (SSSR count). The number of nitrogens with zero attached hydrogens (tertiary/aromatic N) is 1. The molecule has 0 saturated heterocycles. The molecule has 0 radical (unpaired) electrons. The van der Waals surface area contributed by atoms with E-state index in [0.717, 1.165) is 16.7 Å². The lowest BCUT2D eigenvalue weighted by Crippen LogP contribution is -2.37. The van der Waals surface area contributed by atoms with Gasteiger partial charge in [-0.2, -0.15) is 0 Å². The third-order valence-corrected chi connectivity index (χ3v) is 5.68. The molecule has 2 heterocycles. The van der Waals surface area contributed by atoms with E-state index in [1.165, 1.54) is 10.1 Å². The number of rotatable bonds is 4. The summed E-state index contributed by atoms with van der Waals surface area (Å²) in [7, 11) is 0. The highest BCUT2D eigenvalue weighted by Crippen LogP contribution is 2.41. The molecule has 0 atom stereocenters. The molecular weight excluding hydrogens is 362 g/mol. The first-order valence-electron chi connectivity index (χ1n) is 8.83.